The molecule has 1 aliphatic rings. The van der Waals surface area contributed by atoms with Crippen molar-refractivity contribution in [3.05, 3.63) is 59.1 Å². The predicted molar refractivity (Wildman–Crippen MR) is 120 cm³/mol. The number of halogens is 1. The molecule has 0 unspecified atom stereocenters. The molecule has 3 rings (SSSR count). The summed E-state index contributed by atoms with van der Waals surface area (Å²) in [4.78, 5) is 15.2. The van der Waals surface area contributed by atoms with Crippen LogP contribution in [0.1, 0.15) is 51.6 Å². The zero-order chi connectivity index (χ0) is 20.8. The van der Waals surface area contributed by atoms with Gasteiger partial charge in [-0.3, -0.25) is 4.79 Å². The van der Waals surface area contributed by atoms with Gasteiger partial charge in [0.05, 0.1) is 6.04 Å². The third kappa shape index (κ3) is 5.89. The molecule has 1 fully saturated rings. The second-order valence-corrected chi connectivity index (χ2v) is 8.42. The summed E-state index contributed by atoms with van der Waals surface area (Å²) in [7, 11) is 0. The van der Waals surface area contributed by atoms with Gasteiger partial charge in [0.25, 0.3) is 5.91 Å². The van der Waals surface area contributed by atoms with Gasteiger partial charge < -0.3 is 15.0 Å². The van der Waals surface area contributed by atoms with Crippen LogP contribution < -0.4 is 15.0 Å². The number of hydrogen-bond acceptors (Lipinski definition) is 3. The molecule has 0 bridgehead atoms. The molecule has 3 atom stereocenters. The highest BCUT2D eigenvalue weighted by molar-refractivity contribution is 6.30. The van der Waals surface area contributed by atoms with E-state index in [9.17, 15) is 4.79 Å². The van der Waals surface area contributed by atoms with Crippen LogP contribution in [0.4, 0.5) is 5.69 Å². The Balaban J connectivity index is 1.58. The van der Waals surface area contributed by atoms with Gasteiger partial charge in [-0.2, -0.15) is 0 Å². The Morgan fingerprint density at radius 2 is 1.90 bits per heavy atom. The minimum atomic E-state index is -0.535. The number of rotatable bonds is 7. The highest BCUT2D eigenvalue weighted by atomic mass is 35.5. The number of ether oxygens (including phenoxy) is 1. The van der Waals surface area contributed by atoms with Crippen molar-refractivity contribution in [1.29, 1.82) is 0 Å². The topological polar surface area (TPSA) is 41.6 Å². The van der Waals surface area contributed by atoms with Crippen LogP contribution in [0.2, 0.25) is 5.02 Å². The third-order valence-electron chi connectivity index (χ3n) is 5.53. The molecular formula is C24H31ClN2O2. The maximum absolute atomic E-state index is 12.7. The highest BCUT2D eigenvalue weighted by Gasteiger charge is 2.21. The number of nitrogens with one attached hydrogen (secondary N) is 1. The summed E-state index contributed by atoms with van der Waals surface area (Å²) in [6.45, 7) is 8.50. The van der Waals surface area contributed by atoms with E-state index in [2.05, 4.69) is 41.4 Å². The fourth-order valence-electron chi connectivity index (χ4n) is 3.79. The van der Waals surface area contributed by atoms with E-state index in [0.29, 0.717) is 17.2 Å². The minimum absolute atomic E-state index is 0.0836. The molecule has 2 aromatic rings. The smallest absolute Gasteiger partial charge is 0.261 e. The van der Waals surface area contributed by atoms with Crippen molar-refractivity contribution in [2.75, 3.05) is 18.0 Å². The molecular weight excluding hydrogens is 384 g/mol. The van der Waals surface area contributed by atoms with Crippen molar-refractivity contribution < 1.29 is 9.53 Å². The first-order valence-corrected chi connectivity index (χ1v) is 10.9. The number of hydrogen-bond donors (Lipinski definition) is 1. The zero-order valence-corrected chi connectivity index (χ0v) is 18.3. The van der Waals surface area contributed by atoms with Gasteiger partial charge in [0, 0.05) is 23.8 Å². The van der Waals surface area contributed by atoms with Gasteiger partial charge in [-0.05, 0) is 74.1 Å². The van der Waals surface area contributed by atoms with E-state index >= 15 is 0 Å². The Bertz CT molecular complexity index is 792. The second kappa shape index (κ2) is 10.0. The number of amides is 1. The molecule has 0 aliphatic carbocycles. The molecule has 0 saturated carbocycles. The lowest BCUT2D eigenvalue weighted by atomic mass is 9.99. The Hall–Kier alpha value is -2.20. The first-order valence-electron chi connectivity index (χ1n) is 10.5. The van der Waals surface area contributed by atoms with E-state index in [4.69, 9.17) is 16.3 Å². The second-order valence-electron chi connectivity index (χ2n) is 7.98. The zero-order valence-electron chi connectivity index (χ0n) is 17.5. The normalized spacial score (nSPS) is 18.8. The van der Waals surface area contributed by atoms with E-state index in [0.717, 1.165) is 24.6 Å². The van der Waals surface area contributed by atoms with E-state index in [1.807, 2.05) is 13.8 Å². The number of carbonyl (C=O) groups is 1. The van der Waals surface area contributed by atoms with Crippen LogP contribution in [-0.2, 0) is 4.79 Å². The number of carbonyl (C=O) groups excluding carboxylic acids is 1. The molecule has 0 radical (unpaired) electrons. The third-order valence-corrected chi connectivity index (χ3v) is 5.78. The number of piperidine rings is 1. The molecule has 4 nitrogen and oxygen atoms in total. The van der Waals surface area contributed by atoms with Crippen LogP contribution in [0.3, 0.4) is 0 Å². The van der Waals surface area contributed by atoms with Crippen LogP contribution in [0.25, 0.3) is 0 Å². The van der Waals surface area contributed by atoms with Crippen molar-refractivity contribution in [2.45, 2.75) is 52.2 Å². The molecule has 1 N–H and O–H groups in total. The number of benzene rings is 2. The van der Waals surface area contributed by atoms with Crippen molar-refractivity contribution in [3.8, 4) is 5.75 Å². The van der Waals surface area contributed by atoms with Gasteiger partial charge in [-0.1, -0.05) is 37.6 Å². The van der Waals surface area contributed by atoms with Gasteiger partial charge >= 0.3 is 0 Å². The van der Waals surface area contributed by atoms with Crippen molar-refractivity contribution in [2.24, 2.45) is 5.92 Å². The Morgan fingerprint density at radius 1 is 1.21 bits per heavy atom. The van der Waals surface area contributed by atoms with E-state index in [1.165, 1.54) is 18.5 Å². The first-order chi connectivity index (χ1) is 14.0. The maximum Gasteiger partial charge on any atom is 0.261 e. The molecule has 1 heterocycles. The van der Waals surface area contributed by atoms with E-state index in [1.54, 1.807) is 24.3 Å². The van der Waals surface area contributed by atoms with Crippen LogP contribution in [0, 0.1) is 5.92 Å². The van der Waals surface area contributed by atoms with E-state index < -0.39 is 6.10 Å². The lowest BCUT2D eigenvalue weighted by Gasteiger charge is -2.33. The summed E-state index contributed by atoms with van der Waals surface area (Å²) in [5.41, 5.74) is 2.35. The molecule has 1 saturated heterocycles. The molecule has 0 spiro atoms. The SMILES string of the molecule is CC[C@@H](Oc1ccc(Cl)cc1)C(=O)N[C@@H](C)c1ccc(N2CCC[C@@H](C)C2)cc1. The van der Waals surface area contributed by atoms with Crippen molar-refractivity contribution >= 4 is 23.2 Å². The quantitative estimate of drug-likeness (QED) is 0.640. The minimum Gasteiger partial charge on any atom is -0.481 e. The summed E-state index contributed by atoms with van der Waals surface area (Å²) in [5, 5.41) is 3.73. The van der Waals surface area contributed by atoms with Gasteiger partial charge in [0.15, 0.2) is 6.10 Å². The average Bonchev–Trinajstić information content (AvgIpc) is 2.73. The molecule has 0 aromatic heterocycles. The Kier molecular flexibility index (Phi) is 7.43. The highest BCUT2D eigenvalue weighted by Crippen LogP contribution is 2.25. The molecule has 1 aliphatic heterocycles. The molecule has 156 valence electrons. The molecule has 2 aromatic carbocycles. The number of nitrogens with zero attached hydrogens (tertiary/aromatic N) is 1. The molecule has 1 amide bonds. The monoisotopic (exact) mass is 414 g/mol. The van der Waals surface area contributed by atoms with Crippen LogP contribution in [0.5, 0.6) is 5.75 Å². The summed E-state index contributed by atoms with van der Waals surface area (Å²) in [6.07, 6.45) is 2.62. The van der Waals surface area contributed by atoms with Gasteiger partial charge in [0.1, 0.15) is 5.75 Å². The van der Waals surface area contributed by atoms with Gasteiger partial charge in [-0.25, -0.2) is 0 Å². The molecule has 5 heteroatoms. The van der Waals surface area contributed by atoms with Crippen molar-refractivity contribution in [3.63, 3.8) is 0 Å². The molecule has 29 heavy (non-hydrogen) atoms. The van der Waals surface area contributed by atoms with Gasteiger partial charge in [0.2, 0.25) is 0 Å². The van der Waals surface area contributed by atoms with Crippen LogP contribution >= 0.6 is 11.6 Å². The fraction of sp³-hybridized carbons (Fsp3) is 0.458. The Morgan fingerprint density at radius 3 is 2.52 bits per heavy atom. The average molecular weight is 415 g/mol. The lowest BCUT2D eigenvalue weighted by molar-refractivity contribution is -0.128. The Labute approximate surface area is 179 Å². The van der Waals surface area contributed by atoms with Gasteiger partial charge in [-0.15, -0.1) is 0 Å². The van der Waals surface area contributed by atoms with Crippen LogP contribution in [-0.4, -0.2) is 25.1 Å². The summed E-state index contributed by atoms with van der Waals surface area (Å²) in [5.74, 6) is 1.28. The largest absolute Gasteiger partial charge is 0.481 e. The van der Waals surface area contributed by atoms with Crippen molar-refractivity contribution in [1.82, 2.24) is 5.32 Å². The fourth-order valence-corrected chi connectivity index (χ4v) is 3.91. The maximum atomic E-state index is 12.7. The lowest BCUT2D eigenvalue weighted by Crippen LogP contribution is -2.39. The summed E-state index contributed by atoms with van der Waals surface area (Å²) < 4.78 is 5.85. The van der Waals surface area contributed by atoms with E-state index in [-0.39, 0.29) is 11.9 Å². The standard InChI is InChI=1S/C24H31ClN2O2/c1-4-23(29-22-13-9-20(25)10-14-22)24(28)26-18(3)19-7-11-21(12-8-19)27-15-5-6-17(2)16-27/h7-14,17-18,23H,4-6,15-16H2,1-3H3,(H,26,28)/t17-,18+,23-/m1/s1. The number of anilines is 1. The summed E-state index contributed by atoms with van der Waals surface area (Å²) in [6, 6.07) is 15.5. The first kappa shape index (κ1) is 21.5. The predicted octanol–water partition coefficient (Wildman–Crippen LogP) is 5.61. The summed E-state index contributed by atoms with van der Waals surface area (Å²) >= 11 is 5.91. The van der Waals surface area contributed by atoms with Crippen LogP contribution in [0.15, 0.2) is 48.5 Å².